The molecular weight excluding hydrogens is 450 g/mol. The van der Waals surface area contributed by atoms with Crippen LogP contribution in [0.3, 0.4) is 0 Å². The number of hydrogen-bond acceptors (Lipinski definition) is 3. The second kappa shape index (κ2) is 7.77. The molecule has 1 fully saturated rings. The number of thiocarbonyl (C=S) groups is 1. The van der Waals surface area contributed by atoms with Gasteiger partial charge in [0.1, 0.15) is 5.57 Å². The largest absolute Gasteiger partial charge is 0.317 e. The van der Waals surface area contributed by atoms with Crippen molar-refractivity contribution in [3.63, 3.8) is 0 Å². The molecule has 0 spiro atoms. The highest BCUT2D eigenvalue weighted by molar-refractivity contribution is 9.10. The van der Waals surface area contributed by atoms with E-state index in [1.807, 2.05) is 72.3 Å². The number of nitrogens with zero attached hydrogens (tertiary/aromatic N) is 2. The summed E-state index contributed by atoms with van der Waals surface area (Å²) in [5.74, 6) is -0.954. The monoisotopic (exact) mass is 465 g/mol. The van der Waals surface area contributed by atoms with E-state index < -0.39 is 11.8 Å². The number of para-hydroxylation sites is 1. The van der Waals surface area contributed by atoms with Gasteiger partial charge < -0.3 is 4.57 Å². The van der Waals surface area contributed by atoms with Crippen molar-refractivity contribution in [2.24, 2.45) is 0 Å². The Morgan fingerprint density at radius 2 is 1.72 bits per heavy atom. The van der Waals surface area contributed by atoms with Gasteiger partial charge in [-0.3, -0.25) is 19.8 Å². The number of hydrogen-bond donors (Lipinski definition) is 1. The van der Waals surface area contributed by atoms with Crippen LogP contribution in [0.15, 0.2) is 76.9 Å². The van der Waals surface area contributed by atoms with E-state index in [1.54, 1.807) is 12.1 Å². The number of nitrogens with one attached hydrogen (secondary N) is 1. The van der Waals surface area contributed by atoms with Gasteiger partial charge in [0, 0.05) is 22.1 Å². The molecule has 1 N–H and O–H groups in total. The van der Waals surface area contributed by atoms with Gasteiger partial charge in [-0.05, 0) is 73.2 Å². The summed E-state index contributed by atoms with van der Waals surface area (Å²) in [4.78, 5) is 27.1. The topological polar surface area (TPSA) is 54.3 Å². The Morgan fingerprint density at radius 3 is 2.45 bits per heavy atom. The number of benzene rings is 2. The Hall–Kier alpha value is -3.03. The molecule has 1 aliphatic rings. The number of aromatic nitrogens is 1. The van der Waals surface area contributed by atoms with Crippen LogP contribution in [0, 0.1) is 6.92 Å². The minimum Gasteiger partial charge on any atom is -0.317 e. The van der Waals surface area contributed by atoms with Crippen molar-refractivity contribution in [3.05, 3.63) is 88.2 Å². The molecule has 2 aromatic carbocycles. The van der Waals surface area contributed by atoms with E-state index in [0.717, 1.165) is 15.7 Å². The van der Waals surface area contributed by atoms with Gasteiger partial charge in [0.05, 0.1) is 5.69 Å². The summed E-state index contributed by atoms with van der Waals surface area (Å²) in [6.45, 7) is 1.89. The lowest BCUT2D eigenvalue weighted by atomic mass is 10.1. The van der Waals surface area contributed by atoms with Crippen LogP contribution in [0.25, 0.3) is 11.8 Å². The van der Waals surface area contributed by atoms with E-state index in [9.17, 15) is 9.59 Å². The van der Waals surface area contributed by atoms with Gasteiger partial charge in [-0.1, -0.05) is 34.1 Å². The average Bonchev–Trinajstić information content (AvgIpc) is 3.15. The Morgan fingerprint density at radius 1 is 1.00 bits per heavy atom. The van der Waals surface area contributed by atoms with Crippen LogP contribution in [0.1, 0.15) is 11.3 Å². The first-order chi connectivity index (χ1) is 14.0. The highest BCUT2D eigenvalue weighted by atomic mass is 79.9. The van der Waals surface area contributed by atoms with E-state index in [2.05, 4.69) is 21.2 Å². The normalized spacial score (nSPS) is 15.7. The number of carbonyl (C=O) groups excluding carboxylic acids is 2. The van der Waals surface area contributed by atoms with Gasteiger partial charge in [-0.2, -0.15) is 0 Å². The number of halogens is 1. The third-order valence-corrected chi connectivity index (χ3v) is 5.45. The molecule has 0 atom stereocenters. The fourth-order valence-electron chi connectivity index (χ4n) is 3.19. The molecule has 29 heavy (non-hydrogen) atoms. The maximum atomic E-state index is 13.2. The highest BCUT2D eigenvalue weighted by Gasteiger charge is 2.35. The van der Waals surface area contributed by atoms with Crippen LogP contribution in [0.5, 0.6) is 0 Å². The van der Waals surface area contributed by atoms with E-state index in [1.165, 1.54) is 4.90 Å². The summed E-state index contributed by atoms with van der Waals surface area (Å²) in [7, 11) is 0. The molecule has 0 unspecified atom stereocenters. The summed E-state index contributed by atoms with van der Waals surface area (Å²) >= 11 is 8.70. The number of aryl methyl sites for hydroxylation is 1. The Labute approximate surface area is 181 Å². The molecular formula is C22H16BrN3O2S. The predicted molar refractivity (Wildman–Crippen MR) is 121 cm³/mol. The fourth-order valence-corrected chi connectivity index (χ4v) is 3.73. The highest BCUT2D eigenvalue weighted by Crippen LogP contribution is 2.26. The van der Waals surface area contributed by atoms with Gasteiger partial charge in [0.15, 0.2) is 5.11 Å². The zero-order chi connectivity index (χ0) is 20.5. The smallest absolute Gasteiger partial charge is 0.270 e. The van der Waals surface area contributed by atoms with E-state index in [0.29, 0.717) is 11.4 Å². The van der Waals surface area contributed by atoms with Crippen molar-refractivity contribution >= 4 is 56.8 Å². The lowest BCUT2D eigenvalue weighted by molar-refractivity contribution is -0.122. The minimum absolute atomic E-state index is 0.0268. The summed E-state index contributed by atoms with van der Waals surface area (Å²) in [5, 5.41) is 2.71. The van der Waals surface area contributed by atoms with Crippen molar-refractivity contribution in [1.29, 1.82) is 0 Å². The van der Waals surface area contributed by atoms with Crippen LogP contribution < -0.4 is 10.2 Å². The molecule has 0 saturated carbocycles. The van der Waals surface area contributed by atoms with Crippen LogP contribution in [0.2, 0.25) is 0 Å². The third-order valence-electron chi connectivity index (χ3n) is 4.64. The van der Waals surface area contributed by atoms with Crippen molar-refractivity contribution < 1.29 is 9.59 Å². The molecule has 1 saturated heterocycles. The van der Waals surface area contributed by atoms with E-state index in [4.69, 9.17) is 12.2 Å². The zero-order valence-electron chi connectivity index (χ0n) is 15.4. The second-order valence-corrected chi connectivity index (χ2v) is 7.83. The molecule has 0 radical (unpaired) electrons. The van der Waals surface area contributed by atoms with Gasteiger partial charge >= 0.3 is 0 Å². The predicted octanol–water partition coefficient (Wildman–Crippen LogP) is 4.38. The summed E-state index contributed by atoms with van der Waals surface area (Å²) in [6, 6.07) is 18.9. The first-order valence-electron chi connectivity index (χ1n) is 8.86. The van der Waals surface area contributed by atoms with Crippen LogP contribution in [-0.2, 0) is 9.59 Å². The fraction of sp³-hybridized carbons (Fsp3) is 0.0455. The van der Waals surface area contributed by atoms with Crippen molar-refractivity contribution in [1.82, 2.24) is 9.88 Å². The second-order valence-electron chi connectivity index (χ2n) is 6.52. The molecule has 7 heteroatoms. The van der Waals surface area contributed by atoms with Crippen molar-refractivity contribution in [3.8, 4) is 5.69 Å². The number of amides is 2. The number of anilines is 1. The molecule has 2 amide bonds. The third kappa shape index (κ3) is 3.66. The quantitative estimate of drug-likeness (QED) is 0.354. The molecule has 4 rings (SSSR count). The lowest BCUT2D eigenvalue weighted by Crippen LogP contribution is -2.54. The van der Waals surface area contributed by atoms with E-state index in [-0.39, 0.29) is 10.7 Å². The summed E-state index contributed by atoms with van der Waals surface area (Å²) in [5.41, 5.74) is 3.19. The summed E-state index contributed by atoms with van der Waals surface area (Å²) in [6.07, 6.45) is 3.47. The Bertz CT molecular complexity index is 1160. The van der Waals surface area contributed by atoms with Crippen molar-refractivity contribution in [2.75, 3.05) is 4.90 Å². The van der Waals surface area contributed by atoms with E-state index >= 15 is 0 Å². The van der Waals surface area contributed by atoms with Gasteiger partial charge in [0.2, 0.25) is 0 Å². The van der Waals surface area contributed by atoms with Gasteiger partial charge in [0.25, 0.3) is 11.8 Å². The first kappa shape index (κ1) is 19.3. The maximum absolute atomic E-state index is 13.2. The maximum Gasteiger partial charge on any atom is 0.270 e. The zero-order valence-corrected chi connectivity index (χ0v) is 17.8. The molecule has 2 heterocycles. The summed E-state index contributed by atoms with van der Waals surface area (Å²) < 4.78 is 2.88. The Kier molecular flexibility index (Phi) is 5.17. The molecule has 3 aromatic rings. The van der Waals surface area contributed by atoms with Crippen LogP contribution >= 0.6 is 28.1 Å². The minimum atomic E-state index is -0.506. The molecule has 1 aliphatic heterocycles. The molecule has 5 nitrogen and oxygen atoms in total. The van der Waals surface area contributed by atoms with Gasteiger partial charge in [-0.25, -0.2) is 0 Å². The van der Waals surface area contributed by atoms with Crippen LogP contribution in [0.4, 0.5) is 5.69 Å². The number of carbonyl (C=O) groups is 2. The molecule has 144 valence electrons. The van der Waals surface area contributed by atoms with Gasteiger partial charge in [-0.15, -0.1) is 0 Å². The molecule has 0 bridgehead atoms. The lowest BCUT2D eigenvalue weighted by Gasteiger charge is -2.30. The van der Waals surface area contributed by atoms with Crippen molar-refractivity contribution in [2.45, 2.75) is 6.92 Å². The average molecular weight is 466 g/mol. The number of rotatable bonds is 3. The standard InChI is InChI=1S/C22H16BrN3O2S/c1-14-5-2-3-7-19(14)26-21(28)18(20(27)24-22(26)29)13-17-6-4-12-25(17)16-10-8-15(23)9-11-16/h2-13H,1H3,(H,24,27,29)/b18-13+. The SMILES string of the molecule is Cc1ccccc1N1C(=O)/C(=C/c2cccn2-c2ccc(Br)cc2)C(=O)NC1=S. The molecule has 1 aromatic heterocycles. The Balaban J connectivity index is 1.76. The van der Waals surface area contributed by atoms with Crippen LogP contribution in [-0.4, -0.2) is 21.5 Å². The first-order valence-corrected chi connectivity index (χ1v) is 10.1. The molecule has 0 aliphatic carbocycles.